The summed E-state index contributed by atoms with van der Waals surface area (Å²) in [6, 6.07) is 17.1. The van der Waals surface area contributed by atoms with E-state index in [1.54, 1.807) is 22.2 Å². The van der Waals surface area contributed by atoms with Crippen LogP contribution >= 0.6 is 11.3 Å². The summed E-state index contributed by atoms with van der Waals surface area (Å²) >= 11 is 1.48. The molecule has 4 aromatic rings. The summed E-state index contributed by atoms with van der Waals surface area (Å²) in [7, 11) is -4.01. The van der Waals surface area contributed by atoms with Crippen molar-refractivity contribution >= 4 is 39.0 Å². The first-order valence-corrected chi connectivity index (χ1v) is 19.7. The van der Waals surface area contributed by atoms with Crippen molar-refractivity contribution < 1.29 is 23.1 Å². The molecule has 52 heavy (non-hydrogen) atoms. The molecule has 1 fully saturated rings. The summed E-state index contributed by atoms with van der Waals surface area (Å²) in [4.78, 5) is 40.5. The summed E-state index contributed by atoms with van der Waals surface area (Å²) in [5, 5.41) is 17.6. The fraction of sp³-hybridized carbons (Fsp3) is 0.421. The molecule has 1 aliphatic rings. The minimum atomic E-state index is -4.01. The number of thiazole rings is 1. The van der Waals surface area contributed by atoms with Gasteiger partial charge in [-0.15, -0.1) is 11.3 Å². The standard InChI is InChI=1S/C38H49N7O5S2/c1-26(2)22-44(52(49,50)31-15-13-29(39)14-16-31)24-33(46)32(20-27-10-7-6-8-11-27)42-35(47)34(38(3,4)5)45-19-18-43(37(45)48)23-30-25-51-36(41-30)28-12-9-17-40-21-28/h6-17,21,25-26,32-34,46H,18-20,22-24,39H2,1-5H3,(H,42,47)/t32-,33+,34+/m0/s1. The monoisotopic (exact) mass is 747 g/mol. The molecular weight excluding hydrogens is 699 g/mol. The Morgan fingerprint density at radius 1 is 1.04 bits per heavy atom. The molecule has 1 aliphatic heterocycles. The number of amides is 3. The van der Waals surface area contributed by atoms with Gasteiger partial charge in [0.15, 0.2) is 0 Å². The number of carbonyl (C=O) groups is 2. The third-order valence-electron chi connectivity index (χ3n) is 8.89. The summed E-state index contributed by atoms with van der Waals surface area (Å²) in [5.41, 5.74) is 8.09. The van der Waals surface area contributed by atoms with Crippen molar-refractivity contribution in [1.29, 1.82) is 0 Å². The van der Waals surface area contributed by atoms with Gasteiger partial charge in [0.2, 0.25) is 15.9 Å². The normalized spacial score (nSPS) is 15.7. The first-order chi connectivity index (χ1) is 24.6. The highest BCUT2D eigenvalue weighted by Gasteiger charge is 2.44. The smallest absolute Gasteiger partial charge is 0.321 e. The molecule has 1 saturated heterocycles. The van der Waals surface area contributed by atoms with Crippen LogP contribution in [0.15, 0.2) is 89.4 Å². The number of aliphatic hydroxyl groups is 1. The summed E-state index contributed by atoms with van der Waals surface area (Å²) in [6.45, 7) is 10.5. The van der Waals surface area contributed by atoms with Crippen molar-refractivity contribution in [1.82, 2.24) is 29.4 Å². The highest BCUT2D eigenvalue weighted by molar-refractivity contribution is 7.89. The maximum absolute atomic E-state index is 14.4. The van der Waals surface area contributed by atoms with Gasteiger partial charge in [0.1, 0.15) is 11.0 Å². The fourth-order valence-corrected chi connectivity index (χ4v) is 8.83. The van der Waals surface area contributed by atoms with Gasteiger partial charge in [0.05, 0.1) is 29.3 Å². The number of benzene rings is 2. The van der Waals surface area contributed by atoms with Crippen molar-refractivity contribution in [3.05, 3.63) is 95.8 Å². The Labute approximate surface area is 310 Å². The second kappa shape index (κ2) is 16.5. The zero-order valence-corrected chi connectivity index (χ0v) is 32.0. The van der Waals surface area contributed by atoms with Crippen LogP contribution in [0, 0.1) is 11.3 Å². The highest BCUT2D eigenvalue weighted by atomic mass is 32.2. The molecule has 4 N–H and O–H groups in total. The number of aliphatic hydroxyl groups excluding tert-OH is 1. The van der Waals surface area contributed by atoms with Crippen LogP contribution in [0.4, 0.5) is 10.5 Å². The highest BCUT2D eigenvalue weighted by Crippen LogP contribution is 2.30. The van der Waals surface area contributed by atoms with Gasteiger partial charge in [0.25, 0.3) is 0 Å². The molecular formula is C38H49N7O5S2. The SMILES string of the molecule is CC(C)CN(C[C@@H](O)[C@H](Cc1ccccc1)NC(=O)[C@@H](N1CCN(Cc2csc(-c3cccnc3)n2)C1=O)C(C)(C)C)S(=O)(=O)c1ccc(N)cc1. The van der Waals surface area contributed by atoms with Crippen LogP contribution in [0.5, 0.6) is 0 Å². The Morgan fingerprint density at radius 2 is 1.75 bits per heavy atom. The minimum absolute atomic E-state index is 0.0430. The summed E-state index contributed by atoms with van der Waals surface area (Å²) in [6.07, 6.45) is 2.42. The lowest BCUT2D eigenvalue weighted by atomic mass is 9.84. The van der Waals surface area contributed by atoms with Crippen molar-refractivity contribution in [2.45, 2.75) is 70.7 Å². The van der Waals surface area contributed by atoms with E-state index in [0.29, 0.717) is 25.3 Å². The number of aromatic nitrogens is 2. The van der Waals surface area contributed by atoms with Gasteiger partial charge in [-0.05, 0) is 59.7 Å². The Bertz CT molecular complexity index is 1900. The van der Waals surface area contributed by atoms with Crippen LogP contribution in [0.1, 0.15) is 45.9 Å². The number of urea groups is 1. The number of nitrogen functional groups attached to an aromatic ring is 1. The number of nitrogens with zero attached hydrogens (tertiary/aromatic N) is 5. The van der Waals surface area contributed by atoms with E-state index in [-0.39, 0.29) is 36.4 Å². The van der Waals surface area contributed by atoms with Gasteiger partial charge < -0.3 is 26.0 Å². The lowest BCUT2D eigenvalue weighted by molar-refractivity contribution is -0.130. The van der Waals surface area contributed by atoms with Crippen molar-refractivity contribution in [3.8, 4) is 10.6 Å². The van der Waals surface area contributed by atoms with E-state index in [9.17, 15) is 23.1 Å². The first-order valence-electron chi connectivity index (χ1n) is 17.4. The number of hydrogen-bond donors (Lipinski definition) is 3. The molecule has 3 atom stereocenters. The molecule has 3 heterocycles. The molecule has 0 radical (unpaired) electrons. The third kappa shape index (κ3) is 9.54. The Morgan fingerprint density at radius 3 is 2.38 bits per heavy atom. The number of anilines is 1. The van der Waals surface area contributed by atoms with Crippen LogP contribution in [-0.4, -0.2) is 93.9 Å². The quantitative estimate of drug-likeness (QED) is 0.145. The average Bonchev–Trinajstić information content (AvgIpc) is 3.71. The maximum Gasteiger partial charge on any atom is 0.321 e. The van der Waals surface area contributed by atoms with E-state index >= 15 is 0 Å². The van der Waals surface area contributed by atoms with Crippen molar-refractivity contribution in [3.63, 3.8) is 0 Å². The number of sulfonamides is 1. The number of nitrogens with two attached hydrogens (primary N) is 1. The van der Waals surface area contributed by atoms with Gasteiger partial charge in [-0.1, -0.05) is 65.0 Å². The Balaban J connectivity index is 1.36. The van der Waals surface area contributed by atoms with Crippen LogP contribution in [0.3, 0.4) is 0 Å². The molecule has 0 bridgehead atoms. The zero-order valence-electron chi connectivity index (χ0n) is 30.3. The van der Waals surface area contributed by atoms with E-state index in [4.69, 9.17) is 10.7 Å². The third-order valence-corrected chi connectivity index (χ3v) is 11.7. The molecule has 2 aromatic heterocycles. The second-order valence-corrected chi connectivity index (χ2v) is 17.5. The molecule has 0 unspecified atom stereocenters. The Kier molecular flexibility index (Phi) is 12.4. The maximum atomic E-state index is 14.4. The fourth-order valence-electron chi connectivity index (χ4n) is 6.40. The summed E-state index contributed by atoms with van der Waals surface area (Å²) in [5.74, 6) is -0.467. The van der Waals surface area contributed by atoms with E-state index < -0.39 is 39.5 Å². The second-order valence-electron chi connectivity index (χ2n) is 14.7. The minimum Gasteiger partial charge on any atom is -0.399 e. The molecule has 5 rings (SSSR count). The topological polar surface area (TPSA) is 162 Å². The predicted molar refractivity (Wildman–Crippen MR) is 204 cm³/mol. The van der Waals surface area contributed by atoms with Gasteiger partial charge in [-0.3, -0.25) is 9.78 Å². The first kappa shape index (κ1) is 38.9. The summed E-state index contributed by atoms with van der Waals surface area (Å²) < 4.78 is 28.9. The molecule has 3 amide bonds. The van der Waals surface area contributed by atoms with Gasteiger partial charge >= 0.3 is 6.03 Å². The van der Waals surface area contributed by atoms with Gasteiger partial charge in [-0.2, -0.15) is 4.31 Å². The van der Waals surface area contributed by atoms with E-state index in [2.05, 4.69) is 10.3 Å². The number of carbonyl (C=O) groups excluding carboxylic acids is 2. The number of pyridine rings is 1. The molecule has 2 aromatic carbocycles. The Hall–Kier alpha value is -4.37. The number of nitrogens with one attached hydrogen (secondary N) is 1. The van der Waals surface area contributed by atoms with Crippen LogP contribution in [0.25, 0.3) is 10.6 Å². The number of rotatable bonds is 15. The lowest BCUT2D eigenvalue weighted by Gasteiger charge is -2.38. The van der Waals surface area contributed by atoms with E-state index in [1.807, 2.05) is 82.5 Å². The van der Waals surface area contributed by atoms with Crippen molar-refractivity contribution in [2.75, 3.05) is 31.9 Å². The van der Waals surface area contributed by atoms with Gasteiger partial charge in [0, 0.05) is 55.2 Å². The largest absolute Gasteiger partial charge is 0.399 e. The van der Waals surface area contributed by atoms with E-state index in [1.165, 1.54) is 39.9 Å². The molecule has 0 saturated carbocycles. The van der Waals surface area contributed by atoms with Gasteiger partial charge in [-0.25, -0.2) is 18.2 Å². The predicted octanol–water partition coefficient (Wildman–Crippen LogP) is 4.87. The average molecular weight is 748 g/mol. The van der Waals surface area contributed by atoms with Crippen molar-refractivity contribution in [2.24, 2.45) is 11.3 Å². The molecule has 12 nitrogen and oxygen atoms in total. The number of hydrogen-bond acceptors (Lipinski definition) is 9. The molecule has 278 valence electrons. The molecule has 14 heteroatoms. The van der Waals surface area contributed by atoms with Crippen LogP contribution < -0.4 is 11.1 Å². The van der Waals surface area contributed by atoms with E-state index in [0.717, 1.165) is 21.8 Å². The molecule has 0 aliphatic carbocycles. The lowest BCUT2D eigenvalue weighted by Crippen LogP contribution is -2.59. The zero-order chi connectivity index (χ0) is 37.6. The van der Waals surface area contributed by atoms with Crippen LogP contribution in [0.2, 0.25) is 0 Å². The molecule has 0 spiro atoms. The van der Waals surface area contributed by atoms with Crippen LogP contribution in [-0.2, 0) is 27.8 Å².